The van der Waals surface area contributed by atoms with E-state index in [1.807, 2.05) is 30.3 Å². The van der Waals surface area contributed by atoms with E-state index in [9.17, 15) is 28.5 Å². The zero-order chi connectivity index (χ0) is 22.8. The van der Waals surface area contributed by atoms with Gasteiger partial charge >= 0.3 is 0 Å². The third-order valence-corrected chi connectivity index (χ3v) is 6.42. The summed E-state index contributed by atoms with van der Waals surface area (Å²) in [5.74, 6) is -3.84. The lowest BCUT2D eigenvalue weighted by molar-refractivity contribution is -0.178. The van der Waals surface area contributed by atoms with E-state index in [0.29, 0.717) is 5.75 Å². The van der Waals surface area contributed by atoms with Crippen molar-refractivity contribution >= 4 is 11.8 Å². The SMILES string of the molecule is OCC1O[C@H](SCc2ccccc2)[C@@H](O)C(n2cc(-c3cc(F)c(F)c(F)c3)nn2)[C@H]1O. The largest absolute Gasteiger partial charge is 0.394 e. The third-order valence-electron chi connectivity index (χ3n) is 5.20. The van der Waals surface area contributed by atoms with Gasteiger partial charge in [0.25, 0.3) is 0 Å². The molecule has 0 spiro atoms. The molecule has 2 aromatic carbocycles. The van der Waals surface area contributed by atoms with Crippen LogP contribution in [0.4, 0.5) is 13.2 Å². The second-order valence-corrected chi connectivity index (χ2v) is 8.42. The first-order valence-corrected chi connectivity index (χ1v) is 10.8. The topological polar surface area (TPSA) is 101 Å². The number of benzene rings is 2. The number of ether oxygens (including phenoxy) is 1. The molecule has 0 amide bonds. The number of hydrogen-bond acceptors (Lipinski definition) is 7. The summed E-state index contributed by atoms with van der Waals surface area (Å²) in [6, 6.07) is 9.99. The molecule has 0 aliphatic carbocycles. The molecule has 3 aromatic rings. The quantitative estimate of drug-likeness (QED) is 0.478. The molecule has 0 radical (unpaired) electrons. The van der Waals surface area contributed by atoms with Crippen LogP contribution >= 0.6 is 11.8 Å². The van der Waals surface area contributed by atoms with Gasteiger partial charge < -0.3 is 20.1 Å². The molecule has 1 saturated heterocycles. The van der Waals surface area contributed by atoms with Gasteiger partial charge in [0, 0.05) is 11.3 Å². The molecule has 1 fully saturated rings. The molecule has 1 aliphatic heterocycles. The number of halogens is 3. The second kappa shape index (κ2) is 9.59. The van der Waals surface area contributed by atoms with Gasteiger partial charge in [-0.15, -0.1) is 16.9 Å². The van der Waals surface area contributed by atoms with E-state index in [0.717, 1.165) is 22.4 Å². The fraction of sp³-hybridized carbons (Fsp3) is 0.333. The zero-order valence-corrected chi connectivity index (χ0v) is 17.4. The zero-order valence-electron chi connectivity index (χ0n) is 16.6. The molecule has 3 N–H and O–H groups in total. The second-order valence-electron chi connectivity index (χ2n) is 7.33. The highest BCUT2D eigenvalue weighted by atomic mass is 32.2. The lowest BCUT2D eigenvalue weighted by Crippen LogP contribution is -2.55. The molecule has 5 atom stereocenters. The predicted molar refractivity (Wildman–Crippen MR) is 110 cm³/mol. The maximum atomic E-state index is 13.6. The highest BCUT2D eigenvalue weighted by Gasteiger charge is 2.46. The van der Waals surface area contributed by atoms with Crippen LogP contribution in [0.1, 0.15) is 11.6 Å². The number of rotatable bonds is 6. The first-order valence-electron chi connectivity index (χ1n) is 9.73. The summed E-state index contributed by atoms with van der Waals surface area (Å²) in [6.07, 6.45) is -2.29. The van der Waals surface area contributed by atoms with Crippen molar-refractivity contribution in [2.75, 3.05) is 6.61 Å². The Balaban J connectivity index is 1.58. The maximum absolute atomic E-state index is 13.6. The Morgan fingerprint density at radius 1 is 1.03 bits per heavy atom. The van der Waals surface area contributed by atoms with Crippen molar-refractivity contribution in [1.29, 1.82) is 0 Å². The number of aliphatic hydroxyl groups is 3. The van der Waals surface area contributed by atoms with Gasteiger partial charge in [-0.1, -0.05) is 35.5 Å². The monoisotopic (exact) mass is 467 g/mol. The number of hydrogen-bond donors (Lipinski definition) is 3. The first-order chi connectivity index (χ1) is 15.4. The smallest absolute Gasteiger partial charge is 0.194 e. The summed E-state index contributed by atoms with van der Waals surface area (Å²) < 4.78 is 47.3. The van der Waals surface area contributed by atoms with Crippen LogP contribution in [0, 0.1) is 17.5 Å². The lowest BCUT2D eigenvalue weighted by atomic mass is 9.97. The van der Waals surface area contributed by atoms with Crippen LogP contribution in [0.3, 0.4) is 0 Å². The average molecular weight is 467 g/mol. The minimum atomic E-state index is -1.60. The summed E-state index contributed by atoms with van der Waals surface area (Å²) in [5.41, 5.74) is 0.161. The van der Waals surface area contributed by atoms with Crippen molar-refractivity contribution in [2.45, 2.75) is 35.5 Å². The Morgan fingerprint density at radius 2 is 1.72 bits per heavy atom. The van der Waals surface area contributed by atoms with E-state index < -0.39 is 53.8 Å². The molecule has 4 rings (SSSR count). The Bertz CT molecular complexity index is 1050. The maximum Gasteiger partial charge on any atom is 0.194 e. The summed E-state index contributed by atoms with van der Waals surface area (Å²) in [6.45, 7) is -0.497. The molecular weight excluding hydrogens is 447 g/mol. The molecule has 2 heterocycles. The summed E-state index contributed by atoms with van der Waals surface area (Å²) >= 11 is 1.29. The highest BCUT2D eigenvalue weighted by Crippen LogP contribution is 2.36. The summed E-state index contributed by atoms with van der Waals surface area (Å²) in [7, 11) is 0. The normalized spacial score (nSPS) is 25.8. The lowest BCUT2D eigenvalue weighted by Gasteiger charge is -2.41. The van der Waals surface area contributed by atoms with Crippen molar-refractivity contribution in [1.82, 2.24) is 15.0 Å². The minimum Gasteiger partial charge on any atom is -0.394 e. The molecule has 2 unspecified atom stereocenters. The molecule has 1 aliphatic rings. The third kappa shape index (κ3) is 4.52. The molecule has 0 saturated carbocycles. The first kappa shape index (κ1) is 22.7. The number of aromatic nitrogens is 3. The van der Waals surface area contributed by atoms with E-state index in [4.69, 9.17) is 4.74 Å². The standard InChI is InChI=1S/C21H20F3N3O4S/c22-13-6-12(7-14(23)17(13)24)15-8-27(26-25-15)18-19(29)16(9-28)31-21(20(18)30)32-10-11-4-2-1-3-5-11/h1-8,16,18-21,28-30H,9-10H2/t16?,18?,19-,20-,21+/m0/s1. The van der Waals surface area contributed by atoms with Gasteiger partial charge in [-0.3, -0.25) is 0 Å². The molecule has 170 valence electrons. The Morgan fingerprint density at radius 3 is 2.38 bits per heavy atom. The van der Waals surface area contributed by atoms with Gasteiger partial charge in [0.05, 0.1) is 12.8 Å². The van der Waals surface area contributed by atoms with Gasteiger partial charge in [0.15, 0.2) is 17.5 Å². The van der Waals surface area contributed by atoms with Crippen LogP contribution in [0.25, 0.3) is 11.3 Å². The number of thioether (sulfide) groups is 1. The highest BCUT2D eigenvalue weighted by molar-refractivity contribution is 7.99. The van der Waals surface area contributed by atoms with Crippen molar-refractivity contribution < 1.29 is 33.2 Å². The minimum absolute atomic E-state index is 0.0164. The van der Waals surface area contributed by atoms with Crippen LogP contribution in [-0.4, -0.2) is 60.7 Å². The van der Waals surface area contributed by atoms with Crippen molar-refractivity contribution in [3.8, 4) is 11.3 Å². The molecule has 0 bridgehead atoms. The van der Waals surface area contributed by atoms with Crippen LogP contribution in [0.15, 0.2) is 48.7 Å². The van der Waals surface area contributed by atoms with E-state index >= 15 is 0 Å². The van der Waals surface area contributed by atoms with Crippen molar-refractivity contribution in [3.63, 3.8) is 0 Å². The van der Waals surface area contributed by atoms with E-state index in [1.165, 1.54) is 18.0 Å². The Hall–Kier alpha value is -2.44. The van der Waals surface area contributed by atoms with Gasteiger partial charge in [0.1, 0.15) is 35.5 Å². The van der Waals surface area contributed by atoms with Crippen molar-refractivity contribution in [3.05, 3.63) is 71.7 Å². The van der Waals surface area contributed by atoms with Crippen LogP contribution in [0.5, 0.6) is 0 Å². The van der Waals surface area contributed by atoms with Crippen molar-refractivity contribution in [2.24, 2.45) is 0 Å². The fourth-order valence-corrected chi connectivity index (χ4v) is 4.66. The Kier molecular flexibility index (Phi) is 6.82. The fourth-order valence-electron chi connectivity index (χ4n) is 3.53. The van der Waals surface area contributed by atoms with Crippen LogP contribution in [0.2, 0.25) is 0 Å². The van der Waals surface area contributed by atoms with Gasteiger partial charge in [-0.25, -0.2) is 17.9 Å². The molecule has 11 heteroatoms. The number of nitrogens with zero attached hydrogens (tertiary/aromatic N) is 3. The average Bonchev–Trinajstić information content (AvgIpc) is 3.27. The summed E-state index contributed by atoms with van der Waals surface area (Å²) in [5, 5.41) is 38.9. The van der Waals surface area contributed by atoms with Gasteiger partial charge in [-0.05, 0) is 17.7 Å². The van der Waals surface area contributed by atoms with Crippen LogP contribution in [-0.2, 0) is 10.5 Å². The van der Waals surface area contributed by atoms with E-state index in [-0.39, 0.29) is 11.3 Å². The van der Waals surface area contributed by atoms with E-state index in [2.05, 4.69) is 10.3 Å². The van der Waals surface area contributed by atoms with Gasteiger partial charge in [0.2, 0.25) is 0 Å². The molecule has 1 aromatic heterocycles. The van der Waals surface area contributed by atoms with Crippen LogP contribution < -0.4 is 0 Å². The Labute approximate surface area is 185 Å². The predicted octanol–water partition coefficient (Wildman–Crippen LogP) is 2.28. The van der Waals surface area contributed by atoms with E-state index in [1.54, 1.807) is 0 Å². The molecular formula is C21H20F3N3O4S. The molecule has 7 nitrogen and oxygen atoms in total. The number of aliphatic hydroxyl groups excluding tert-OH is 3. The summed E-state index contributed by atoms with van der Waals surface area (Å²) in [4.78, 5) is 0. The molecule has 32 heavy (non-hydrogen) atoms. The van der Waals surface area contributed by atoms with Gasteiger partial charge in [-0.2, -0.15) is 0 Å².